The van der Waals surface area contributed by atoms with Gasteiger partial charge in [0.1, 0.15) is 0 Å². The summed E-state index contributed by atoms with van der Waals surface area (Å²) in [5.74, 6) is 2.10. The third kappa shape index (κ3) is 3.82. The molecule has 0 N–H and O–H groups in total. The fourth-order valence-electron chi connectivity index (χ4n) is 3.44. The minimum absolute atomic E-state index is 0.0499. The molecule has 0 spiro atoms. The van der Waals surface area contributed by atoms with Crippen LogP contribution >= 0.6 is 0 Å². The quantitative estimate of drug-likeness (QED) is 0.789. The van der Waals surface area contributed by atoms with E-state index in [1.807, 2.05) is 12.3 Å². The molecule has 4 rings (SSSR count). The Hall–Kier alpha value is -1.99. The van der Waals surface area contributed by atoms with Gasteiger partial charge in [-0.15, -0.1) is 0 Å². The Morgan fingerprint density at radius 1 is 1.36 bits per heavy atom. The fraction of sp³-hybridized carbons (Fsp3) is 0.611. The van der Waals surface area contributed by atoms with E-state index in [4.69, 9.17) is 4.52 Å². The number of likely N-dealkylation sites (tertiary alicyclic amines) is 1. The molecule has 2 aromatic heterocycles. The second-order valence-electron chi connectivity index (χ2n) is 7.40. The van der Waals surface area contributed by atoms with Gasteiger partial charge in [-0.3, -0.25) is 14.6 Å². The standard InChI is InChI=1S/C18H25N5O2/c1-21-7-5-13(9-17(21)24)10-23-8-6-15(11-23)22(2)12-16-19-18(25-20-16)14-3-4-14/h5,7,9,14-15H,3-4,6,8,10-12H2,1-2H3. The molecule has 2 aromatic rings. The van der Waals surface area contributed by atoms with Crippen LogP contribution in [0, 0.1) is 0 Å². The Morgan fingerprint density at radius 3 is 2.96 bits per heavy atom. The van der Waals surface area contributed by atoms with E-state index in [-0.39, 0.29) is 5.56 Å². The van der Waals surface area contributed by atoms with Gasteiger partial charge >= 0.3 is 0 Å². The summed E-state index contributed by atoms with van der Waals surface area (Å²) < 4.78 is 6.95. The first-order valence-electron chi connectivity index (χ1n) is 8.99. The predicted octanol–water partition coefficient (Wildman–Crippen LogP) is 1.35. The molecule has 0 bridgehead atoms. The van der Waals surface area contributed by atoms with Crippen LogP contribution in [0.25, 0.3) is 0 Å². The van der Waals surface area contributed by atoms with E-state index in [0.717, 1.165) is 49.9 Å². The van der Waals surface area contributed by atoms with Crippen molar-refractivity contribution in [2.24, 2.45) is 7.05 Å². The van der Waals surface area contributed by atoms with Crippen LogP contribution < -0.4 is 5.56 Å². The summed E-state index contributed by atoms with van der Waals surface area (Å²) >= 11 is 0. The molecule has 25 heavy (non-hydrogen) atoms. The van der Waals surface area contributed by atoms with E-state index in [9.17, 15) is 4.79 Å². The SMILES string of the molecule is CN(Cc1noc(C2CC2)n1)C1CCN(Cc2ccn(C)c(=O)c2)C1. The van der Waals surface area contributed by atoms with Crippen molar-refractivity contribution >= 4 is 0 Å². The normalized spacial score (nSPS) is 21.3. The summed E-state index contributed by atoms with van der Waals surface area (Å²) in [5, 5.41) is 4.12. The number of pyridine rings is 1. The zero-order valence-corrected chi connectivity index (χ0v) is 14.9. The van der Waals surface area contributed by atoms with Gasteiger partial charge in [-0.05, 0) is 37.9 Å². The topological polar surface area (TPSA) is 67.4 Å². The summed E-state index contributed by atoms with van der Waals surface area (Å²) in [4.78, 5) is 21.0. The van der Waals surface area contributed by atoms with Gasteiger partial charge in [-0.2, -0.15) is 4.98 Å². The number of hydrogen-bond acceptors (Lipinski definition) is 6. The number of aryl methyl sites for hydroxylation is 1. The maximum Gasteiger partial charge on any atom is 0.250 e. The molecule has 7 nitrogen and oxygen atoms in total. The third-order valence-electron chi connectivity index (χ3n) is 5.25. The summed E-state index contributed by atoms with van der Waals surface area (Å²) in [6, 6.07) is 4.24. The average molecular weight is 343 g/mol. The predicted molar refractivity (Wildman–Crippen MR) is 93.1 cm³/mol. The van der Waals surface area contributed by atoms with Crippen LogP contribution in [0.4, 0.5) is 0 Å². The summed E-state index contributed by atoms with van der Waals surface area (Å²) in [7, 11) is 3.90. The highest BCUT2D eigenvalue weighted by Crippen LogP contribution is 2.38. The molecular formula is C18H25N5O2. The Bertz CT molecular complexity index is 795. The molecule has 0 amide bonds. The van der Waals surface area contributed by atoms with Crippen molar-refractivity contribution in [2.45, 2.75) is 44.3 Å². The smallest absolute Gasteiger partial charge is 0.250 e. The first-order valence-corrected chi connectivity index (χ1v) is 8.99. The van der Waals surface area contributed by atoms with E-state index in [0.29, 0.717) is 12.0 Å². The van der Waals surface area contributed by atoms with Crippen LogP contribution in [0.2, 0.25) is 0 Å². The highest BCUT2D eigenvalue weighted by atomic mass is 16.5. The van der Waals surface area contributed by atoms with Gasteiger partial charge < -0.3 is 9.09 Å². The molecule has 134 valence electrons. The Labute approximate surface area is 147 Å². The van der Waals surface area contributed by atoms with Gasteiger partial charge in [0.15, 0.2) is 5.82 Å². The summed E-state index contributed by atoms with van der Waals surface area (Å²) in [6.45, 7) is 3.60. The van der Waals surface area contributed by atoms with Gasteiger partial charge in [0, 0.05) is 50.9 Å². The van der Waals surface area contributed by atoms with Crippen molar-refractivity contribution in [1.82, 2.24) is 24.5 Å². The first kappa shape index (κ1) is 16.5. The van der Waals surface area contributed by atoms with Gasteiger partial charge in [0.05, 0.1) is 6.54 Å². The maximum atomic E-state index is 11.8. The highest BCUT2D eigenvalue weighted by Gasteiger charge is 2.31. The van der Waals surface area contributed by atoms with Crippen LogP contribution in [-0.4, -0.2) is 50.7 Å². The highest BCUT2D eigenvalue weighted by molar-refractivity contribution is 5.11. The van der Waals surface area contributed by atoms with Crippen molar-refractivity contribution < 1.29 is 4.52 Å². The minimum atomic E-state index is 0.0499. The third-order valence-corrected chi connectivity index (χ3v) is 5.25. The zero-order chi connectivity index (χ0) is 17.4. The van der Waals surface area contributed by atoms with E-state index in [1.165, 1.54) is 12.8 Å². The lowest BCUT2D eigenvalue weighted by molar-refractivity contribution is 0.216. The molecule has 1 aliphatic carbocycles. The maximum absolute atomic E-state index is 11.8. The molecule has 1 aliphatic heterocycles. The monoisotopic (exact) mass is 343 g/mol. The fourth-order valence-corrected chi connectivity index (χ4v) is 3.44. The van der Waals surface area contributed by atoms with Gasteiger partial charge in [0.25, 0.3) is 5.56 Å². The van der Waals surface area contributed by atoms with Crippen molar-refractivity contribution in [3.05, 3.63) is 46.0 Å². The van der Waals surface area contributed by atoms with Crippen molar-refractivity contribution in [3.8, 4) is 0 Å². The molecule has 2 aliphatic rings. The van der Waals surface area contributed by atoms with Gasteiger partial charge in [0.2, 0.25) is 5.89 Å². The molecule has 1 saturated heterocycles. The first-order chi connectivity index (χ1) is 12.1. The minimum Gasteiger partial charge on any atom is -0.339 e. The van der Waals surface area contributed by atoms with Crippen molar-refractivity contribution in [1.29, 1.82) is 0 Å². The number of rotatable bonds is 6. The Kier molecular flexibility index (Phi) is 4.43. The second-order valence-corrected chi connectivity index (χ2v) is 7.40. The molecule has 0 aromatic carbocycles. The molecule has 3 heterocycles. The lowest BCUT2D eigenvalue weighted by Gasteiger charge is -2.23. The number of nitrogens with zero attached hydrogens (tertiary/aromatic N) is 5. The van der Waals surface area contributed by atoms with Crippen LogP contribution in [0.5, 0.6) is 0 Å². The van der Waals surface area contributed by atoms with Crippen LogP contribution in [0.15, 0.2) is 27.6 Å². The van der Waals surface area contributed by atoms with Gasteiger partial charge in [-0.1, -0.05) is 5.16 Å². The van der Waals surface area contributed by atoms with Crippen molar-refractivity contribution in [3.63, 3.8) is 0 Å². The molecule has 2 fully saturated rings. The molecular weight excluding hydrogens is 318 g/mol. The molecule has 1 saturated carbocycles. The number of hydrogen-bond donors (Lipinski definition) is 0. The zero-order valence-electron chi connectivity index (χ0n) is 14.9. The van der Waals surface area contributed by atoms with E-state index in [2.05, 4.69) is 27.0 Å². The summed E-state index contributed by atoms with van der Waals surface area (Å²) in [5.41, 5.74) is 1.13. The van der Waals surface area contributed by atoms with Crippen molar-refractivity contribution in [2.75, 3.05) is 20.1 Å². The Balaban J connectivity index is 1.31. The molecule has 1 atom stereocenters. The lowest BCUT2D eigenvalue weighted by atomic mass is 10.2. The number of likely N-dealkylation sites (N-methyl/N-ethyl adjacent to an activating group) is 1. The second kappa shape index (κ2) is 6.72. The van der Waals surface area contributed by atoms with Crippen LogP contribution in [0.3, 0.4) is 0 Å². The largest absolute Gasteiger partial charge is 0.339 e. The van der Waals surface area contributed by atoms with E-state index < -0.39 is 0 Å². The van der Waals surface area contributed by atoms with Crippen LogP contribution in [-0.2, 0) is 20.1 Å². The van der Waals surface area contributed by atoms with Crippen LogP contribution in [0.1, 0.15) is 42.5 Å². The average Bonchev–Trinajstić information content (AvgIpc) is 3.15. The molecule has 0 radical (unpaired) electrons. The molecule has 7 heteroatoms. The number of aromatic nitrogens is 3. The van der Waals surface area contributed by atoms with Gasteiger partial charge in [-0.25, -0.2) is 0 Å². The van der Waals surface area contributed by atoms with E-state index in [1.54, 1.807) is 17.7 Å². The molecule has 1 unspecified atom stereocenters. The summed E-state index contributed by atoms with van der Waals surface area (Å²) in [6.07, 6.45) is 5.31. The lowest BCUT2D eigenvalue weighted by Crippen LogP contribution is -2.34. The van der Waals surface area contributed by atoms with E-state index >= 15 is 0 Å². The Morgan fingerprint density at radius 2 is 2.20 bits per heavy atom.